The third-order valence-corrected chi connectivity index (χ3v) is 2.75. The minimum Gasteiger partial charge on any atom is -0.494 e. The van der Waals surface area contributed by atoms with Gasteiger partial charge in [-0.25, -0.2) is 4.79 Å². The summed E-state index contributed by atoms with van der Waals surface area (Å²) in [5.74, 6) is 0.518. The maximum atomic E-state index is 11.9. The van der Waals surface area contributed by atoms with Crippen molar-refractivity contribution >= 4 is 23.1 Å². The molecule has 5 nitrogen and oxygen atoms in total. The van der Waals surface area contributed by atoms with Gasteiger partial charge in [0, 0.05) is 17.4 Å². The van der Waals surface area contributed by atoms with Crippen LogP contribution < -0.4 is 21.1 Å². The summed E-state index contributed by atoms with van der Waals surface area (Å²) in [5.41, 5.74) is 8.61. The van der Waals surface area contributed by atoms with E-state index in [9.17, 15) is 4.79 Å². The van der Waals surface area contributed by atoms with E-state index in [0.717, 1.165) is 11.3 Å². The normalized spacial score (nSPS) is 9.90. The third-order valence-electron chi connectivity index (χ3n) is 2.75. The zero-order valence-corrected chi connectivity index (χ0v) is 11.4. The number of nitrogen functional groups attached to an aromatic ring is 1. The second kappa shape index (κ2) is 5.97. The molecule has 4 N–H and O–H groups in total. The number of nitrogens with one attached hydrogen (secondary N) is 2. The summed E-state index contributed by atoms with van der Waals surface area (Å²) in [6, 6.07) is 12.3. The van der Waals surface area contributed by atoms with Crippen LogP contribution >= 0.6 is 0 Å². The summed E-state index contributed by atoms with van der Waals surface area (Å²) >= 11 is 0. The average Bonchev–Trinajstić information content (AvgIpc) is 2.40. The Labute approximate surface area is 117 Å². The summed E-state index contributed by atoms with van der Waals surface area (Å²) < 4.78 is 5.17. The molecule has 0 aromatic heterocycles. The molecule has 0 heterocycles. The maximum Gasteiger partial charge on any atom is 0.323 e. The fourth-order valence-corrected chi connectivity index (χ4v) is 1.82. The molecular weight excluding hydrogens is 254 g/mol. The molecule has 0 aliphatic carbocycles. The highest BCUT2D eigenvalue weighted by Crippen LogP contribution is 2.26. The lowest BCUT2D eigenvalue weighted by Gasteiger charge is -2.12. The maximum absolute atomic E-state index is 11.9. The van der Waals surface area contributed by atoms with Crippen LogP contribution in [0.2, 0.25) is 0 Å². The van der Waals surface area contributed by atoms with Crippen molar-refractivity contribution in [3.63, 3.8) is 0 Å². The highest BCUT2D eigenvalue weighted by Gasteiger charge is 2.08. The van der Waals surface area contributed by atoms with Gasteiger partial charge in [0.15, 0.2) is 0 Å². The molecule has 2 amide bonds. The van der Waals surface area contributed by atoms with Gasteiger partial charge in [-0.1, -0.05) is 12.1 Å². The molecule has 2 rings (SSSR count). The van der Waals surface area contributed by atoms with Crippen molar-refractivity contribution in [2.75, 3.05) is 23.5 Å². The number of urea groups is 1. The molecule has 20 heavy (non-hydrogen) atoms. The van der Waals surface area contributed by atoms with E-state index in [1.54, 1.807) is 18.2 Å². The van der Waals surface area contributed by atoms with Gasteiger partial charge in [-0.2, -0.15) is 0 Å². The number of carbonyl (C=O) groups is 1. The molecule has 0 radical (unpaired) electrons. The van der Waals surface area contributed by atoms with E-state index in [0.29, 0.717) is 17.1 Å². The molecule has 104 valence electrons. The molecule has 0 atom stereocenters. The van der Waals surface area contributed by atoms with Crippen LogP contribution in [0.25, 0.3) is 0 Å². The number of carbonyl (C=O) groups excluding carboxylic acids is 1. The van der Waals surface area contributed by atoms with Gasteiger partial charge in [0.1, 0.15) is 5.75 Å². The number of nitrogens with two attached hydrogens (primary N) is 1. The fraction of sp³-hybridized carbons (Fsp3) is 0.133. The number of hydrogen-bond acceptors (Lipinski definition) is 3. The predicted molar refractivity (Wildman–Crippen MR) is 81.2 cm³/mol. The second-order valence-corrected chi connectivity index (χ2v) is 4.41. The second-order valence-electron chi connectivity index (χ2n) is 4.41. The third kappa shape index (κ3) is 3.41. The summed E-state index contributed by atoms with van der Waals surface area (Å²) in [6.45, 7) is 1.96. The first-order chi connectivity index (χ1) is 9.58. The van der Waals surface area contributed by atoms with E-state index in [-0.39, 0.29) is 6.03 Å². The monoisotopic (exact) mass is 271 g/mol. The summed E-state index contributed by atoms with van der Waals surface area (Å²) in [7, 11) is 1.53. The van der Waals surface area contributed by atoms with Crippen molar-refractivity contribution in [2.24, 2.45) is 0 Å². The number of rotatable bonds is 3. The van der Waals surface area contributed by atoms with Crippen molar-refractivity contribution in [2.45, 2.75) is 6.92 Å². The molecule has 0 fully saturated rings. The molecule has 0 unspecified atom stereocenters. The van der Waals surface area contributed by atoms with Gasteiger partial charge in [0.2, 0.25) is 0 Å². The van der Waals surface area contributed by atoms with Gasteiger partial charge in [0.05, 0.1) is 12.8 Å². The first-order valence-electron chi connectivity index (χ1n) is 6.16. The first-order valence-corrected chi connectivity index (χ1v) is 6.16. The quantitative estimate of drug-likeness (QED) is 0.750. The van der Waals surface area contributed by atoms with E-state index in [1.807, 2.05) is 31.2 Å². The Balaban J connectivity index is 2.08. The Morgan fingerprint density at radius 1 is 1.15 bits per heavy atom. The van der Waals surface area contributed by atoms with E-state index >= 15 is 0 Å². The topological polar surface area (TPSA) is 76.4 Å². The summed E-state index contributed by atoms with van der Waals surface area (Å²) in [6.07, 6.45) is 0. The van der Waals surface area contributed by atoms with Crippen molar-refractivity contribution in [3.05, 3.63) is 48.0 Å². The van der Waals surface area contributed by atoms with Crippen LogP contribution in [0.4, 0.5) is 21.9 Å². The molecule has 0 aliphatic rings. The van der Waals surface area contributed by atoms with Crippen LogP contribution in [0.3, 0.4) is 0 Å². The SMILES string of the molecule is COc1cc(N)ccc1NC(=O)Nc1cccc(C)c1. The molecule has 0 aliphatic heterocycles. The van der Waals surface area contributed by atoms with Crippen molar-refractivity contribution < 1.29 is 9.53 Å². The van der Waals surface area contributed by atoms with Gasteiger partial charge in [0.25, 0.3) is 0 Å². The van der Waals surface area contributed by atoms with Crippen LogP contribution in [-0.2, 0) is 0 Å². The van der Waals surface area contributed by atoms with E-state index in [4.69, 9.17) is 10.5 Å². The van der Waals surface area contributed by atoms with Crippen LogP contribution in [0, 0.1) is 6.92 Å². The fourth-order valence-electron chi connectivity index (χ4n) is 1.82. The molecule has 0 saturated heterocycles. The first kappa shape index (κ1) is 13.7. The number of benzene rings is 2. The van der Waals surface area contributed by atoms with Gasteiger partial charge < -0.3 is 21.1 Å². The minimum absolute atomic E-state index is 0.335. The molecule has 2 aromatic rings. The zero-order valence-electron chi connectivity index (χ0n) is 11.4. The van der Waals surface area contributed by atoms with Crippen molar-refractivity contribution in [1.29, 1.82) is 0 Å². The Morgan fingerprint density at radius 2 is 1.95 bits per heavy atom. The minimum atomic E-state index is -0.335. The summed E-state index contributed by atoms with van der Waals surface area (Å²) in [5, 5.41) is 5.49. The lowest BCUT2D eigenvalue weighted by molar-refractivity contribution is 0.262. The van der Waals surface area contributed by atoms with Crippen LogP contribution in [0.5, 0.6) is 5.75 Å². The lowest BCUT2D eigenvalue weighted by atomic mass is 10.2. The molecular formula is C15H17N3O2. The molecule has 2 aromatic carbocycles. The number of ether oxygens (including phenoxy) is 1. The molecule has 5 heteroatoms. The molecule has 0 saturated carbocycles. The zero-order chi connectivity index (χ0) is 14.5. The van der Waals surface area contributed by atoms with Crippen LogP contribution in [-0.4, -0.2) is 13.1 Å². The Morgan fingerprint density at radius 3 is 2.65 bits per heavy atom. The van der Waals surface area contributed by atoms with Crippen molar-refractivity contribution in [3.8, 4) is 5.75 Å². The Hall–Kier alpha value is -2.69. The molecule has 0 bridgehead atoms. The standard InChI is InChI=1S/C15H17N3O2/c1-10-4-3-5-12(8-10)17-15(19)18-13-7-6-11(16)9-14(13)20-2/h3-9H,16H2,1-2H3,(H2,17,18,19). The number of hydrogen-bond donors (Lipinski definition) is 3. The largest absolute Gasteiger partial charge is 0.494 e. The Kier molecular flexibility index (Phi) is 4.10. The van der Waals surface area contributed by atoms with E-state index in [2.05, 4.69) is 10.6 Å². The van der Waals surface area contributed by atoms with Crippen molar-refractivity contribution in [1.82, 2.24) is 0 Å². The van der Waals surface area contributed by atoms with Gasteiger partial charge in [-0.05, 0) is 36.8 Å². The number of aryl methyl sites for hydroxylation is 1. The Bertz CT molecular complexity index is 626. The smallest absolute Gasteiger partial charge is 0.323 e. The number of anilines is 3. The highest BCUT2D eigenvalue weighted by molar-refractivity contribution is 6.00. The number of amides is 2. The van der Waals surface area contributed by atoms with Gasteiger partial charge in [-0.15, -0.1) is 0 Å². The predicted octanol–water partition coefficient (Wildman–Crippen LogP) is 3.23. The van der Waals surface area contributed by atoms with Gasteiger partial charge in [-0.3, -0.25) is 0 Å². The summed E-state index contributed by atoms with van der Waals surface area (Å²) in [4.78, 5) is 11.9. The van der Waals surface area contributed by atoms with Gasteiger partial charge >= 0.3 is 6.03 Å². The van der Waals surface area contributed by atoms with E-state index in [1.165, 1.54) is 7.11 Å². The molecule has 0 spiro atoms. The van der Waals surface area contributed by atoms with Crippen LogP contribution in [0.15, 0.2) is 42.5 Å². The highest BCUT2D eigenvalue weighted by atomic mass is 16.5. The van der Waals surface area contributed by atoms with E-state index < -0.39 is 0 Å². The van der Waals surface area contributed by atoms with Crippen LogP contribution in [0.1, 0.15) is 5.56 Å². The average molecular weight is 271 g/mol. The number of methoxy groups -OCH3 is 1. The lowest BCUT2D eigenvalue weighted by Crippen LogP contribution is -2.19.